The van der Waals surface area contributed by atoms with Crippen molar-refractivity contribution in [1.29, 1.82) is 0 Å². The molecule has 1 aliphatic rings. The Kier molecular flexibility index (Phi) is 6.17. The van der Waals surface area contributed by atoms with Gasteiger partial charge in [-0.1, -0.05) is 18.5 Å². The van der Waals surface area contributed by atoms with Gasteiger partial charge in [0.15, 0.2) is 0 Å². The van der Waals surface area contributed by atoms with Gasteiger partial charge in [-0.25, -0.2) is 4.98 Å². The number of nitrogens with zero attached hydrogens (tertiary/aromatic N) is 3. The van der Waals surface area contributed by atoms with E-state index in [0.29, 0.717) is 43.6 Å². The molecule has 2 atom stereocenters. The van der Waals surface area contributed by atoms with Crippen molar-refractivity contribution in [1.82, 2.24) is 14.5 Å². The number of pyridine rings is 2. The van der Waals surface area contributed by atoms with E-state index in [2.05, 4.69) is 11.9 Å². The minimum Gasteiger partial charge on any atom is -0.381 e. The van der Waals surface area contributed by atoms with Crippen LogP contribution in [0.5, 0.6) is 0 Å². The summed E-state index contributed by atoms with van der Waals surface area (Å²) in [6.07, 6.45) is 2.67. The summed E-state index contributed by atoms with van der Waals surface area (Å²) >= 11 is 5.98. The second-order valence-electron chi connectivity index (χ2n) is 7.25. The second-order valence-corrected chi connectivity index (χ2v) is 7.64. The maximum atomic E-state index is 13.2. The number of ether oxygens (including phenoxy) is 1. The summed E-state index contributed by atoms with van der Waals surface area (Å²) in [6, 6.07) is 3.42. The maximum absolute atomic E-state index is 13.2. The van der Waals surface area contributed by atoms with Gasteiger partial charge in [-0.2, -0.15) is 0 Å². The number of halogens is 1. The van der Waals surface area contributed by atoms with Crippen LogP contribution in [0.15, 0.2) is 23.1 Å². The molecule has 6 nitrogen and oxygen atoms in total. The van der Waals surface area contributed by atoms with Crippen LogP contribution in [0.3, 0.4) is 0 Å². The molecule has 27 heavy (non-hydrogen) atoms. The Hall–Kier alpha value is -1.92. The molecule has 0 bridgehead atoms. The van der Waals surface area contributed by atoms with E-state index in [4.69, 9.17) is 16.3 Å². The average Bonchev–Trinajstić information content (AvgIpc) is 2.66. The van der Waals surface area contributed by atoms with E-state index in [0.717, 1.165) is 13.0 Å². The lowest BCUT2D eigenvalue weighted by Crippen LogP contribution is -2.41. The van der Waals surface area contributed by atoms with Gasteiger partial charge in [-0.3, -0.25) is 9.59 Å². The lowest BCUT2D eigenvalue weighted by Gasteiger charge is -2.31. The number of aryl methyl sites for hydroxylation is 1. The molecule has 1 amide bonds. The lowest BCUT2D eigenvalue weighted by atomic mass is 9.94. The first-order chi connectivity index (χ1) is 12.9. The smallest absolute Gasteiger partial charge is 0.259 e. The van der Waals surface area contributed by atoms with Gasteiger partial charge in [-0.15, -0.1) is 0 Å². The molecule has 0 aliphatic carbocycles. The van der Waals surface area contributed by atoms with E-state index in [-0.39, 0.29) is 27.6 Å². The Morgan fingerprint density at radius 1 is 1.37 bits per heavy atom. The summed E-state index contributed by atoms with van der Waals surface area (Å²) in [6.45, 7) is 9.23. The van der Waals surface area contributed by atoms with Crippen molar-refractivity contribution in [3.8, 4) is 0 Å². The van der Waals surface area contributed by atoms with Crippen LogP contribution in [-0.2, 0) is 11.3 Å². The number of hydrogen-bond donors (Lipinski definition) is 0. The first-order valence-electron chi connectivity index (χ1n) is 9.51. The van der Waals surface area contributed by atoms with E-state index in [9.17, 15) is 9.59 Å². The number of rotatable bonds is 5. The van der Waals surface area contributed by atoms with Crippen LogP contribution in [0.25, 0.3) is 11.0 Å². The molecule has 0 aromatic carbocycles. The summed E-state index contributed by atoms with van der Waals surface area (Å²) in [7, 11) is 0. The predicted molar refractivity (Wildman–Crippen MR) is 106 cm³/mol. The van der Waals surface area contributed by atoms with Crippen molar-refractivity contribution in [3.63, 3.8) is 0 Å². The van der Waals surface area contributed by atoms with E-state index < -0.39 is 0 Å². The van der Waals surface area contributed by atoms with E-state index >= 15 is 0 Å². The molecule has 1 saturated heterocycles. The van der Waals surface area contributed by atoms with Crippen LogP contribution in [0.2, 0.25) is 5.15 Å². The molecule has 146 valence electrons. The number of aromatic nitrogens is 2. The minimum absolute atomic E-state index is 0.144. The Morgan fingerprint density at radius 3 is 2.81 bits per heavy atom. The zero-order chi connectivity index (χ0) is 19.6. The van der Waals surface area contributed by atoms with Crippen molar-refractivity contribution in [3.05, 3.63) is 39.3 Å². The fourth-order valence-corrected chi connectivity index (χ4v) is 3.91. The lowest BCUT2D eigenvalue weighted by molar-refractivity contribution is 0.00911. The molecule has 7 heteroatoms. The highest BCUT2D eigenvalue weighted by molar-refractivity contribution is 6.29. The van der Waals surface area contributed by atoms with Crippen molar-refractivity contribution in [2.45, 2.75) is 33.7 Å². The van der Waals surface area contributed by atoms with Crippen LogP contribution in [-0.4, -0.2) is 46.7 Å². The van der Waals surface area contributed by atoms with Crippen molar-refractivity contribution < 1.29 is 9.53 Å². The molecule has 2 aromatic heterocycles. The zero-order valence-corrected chi connectivity index (χ0v) is 16.8. The van der Waals surface area contributed by atoms with Gasteiger partial charge in [0.25, 0.3) is 5.91 Å². The van der Waals surface area contributed by atoms with Crippen molar-refractivity contribution in [2.24, 2.45) is 11.8 Å². The minimum atomic E-state index is -0.367. The van der Waals surface area contributed by atoms with E-state index in [1.54, 1.807) is 23.2 Å². The third kappa shape index (κ3) is 4.17. The Balaban J connectivity index is 1.95. The van der Waals surface area contributed by atoms with Gasteiger partial charge in [-0.05, 0) is 38.3 Å². The van der Waals surface area contributed by atoms with E-state index in [1.807, 2.05) is 18.4 Å². The topological polar surface area (TPSA) is 64.4 Å². The number of hydrogen-bond acceptors (Lipinski definition) is 4. The zero-order valence-electron chi connectivity index (χ0n) is 16.1. The average molecular weight is 392 g/mol. The Morgan fingerprint density at radius 2 is 2.15 bits per heavy atom. The standard InChI is InChI=1S/C20H26ClN3O3/c1-4-23-10-15(19(25)18-16(23)6-7-17(21)22-18)20(26)24(5-2)9-14-8-13(3)11-27-12-14/h6-7,10,13-14H,4-5,8-9,11-12H2,1-3H3. The summed E-state index contributed by atoms with van der Waals surface area (Å²) in [5.41, 5.74) is 0.696. The molecule has 0 radical (unpaired) electrons. The van der Waals surface area contributed by atoms with Crippen molar-refractivity contribution >= 4 is 28.5 Å². The summed E-state index contributed by atoms with van der Waals surface area (Å²) < 4.78 is 7.50. The summed E-state index contributed by atoms with van der Waals surface area (Å²) in [5, 5.41) is 0.243. The van der Waals surface area contributed by atoms with Gasteiger partial charge in [0.05, 0.1) is 12.1 Å². The summed E-state index contributed by atoms with van der Waals surface area (Å²) in [4.78, 5) is 32.0. The van der Waals surface area contributed by atoms with Gasteiger partial charge in [0.1, 0.15) is 16.2 Å². The third-order valence-electron chi connectivity index (χ3n) is 5.10. The Bertz CT molecular complexity index is 896. The van der Waals surface area contributed by atoms with Gasteiger partial charge in [0.2, 0.25) is 5.43 Å². The monoisotopic (exact) mass is 391 g/mol. The van der Waals surface area contributed by atoms with Crippen LogP contribution in [0.1, 0.15) is 37.6 Å². The van der Waals surface area contributed by atoms with Gasteiger partial charge >= 0.3 is 0 Å². The van der Waals surface area contributed by atoms with Gasteiger partial charge < -0.3 is 14.2 Å². The molecule has 0 N–H and O–H groups in total. The normalized spacial score (nSPS) is 20.0. The SMILES string of the molecule is CCN(CC1COCC(C)C1)C(=O)c1cn(CC)c2ccc(Cl)nc2c1=O. The molecule has 1 aliphatic heterocycles. The fourth-order valence-electron chi connectivity index (χ4n) is 3.76. The first kappa shape index (κ1) is 19.8. The van der Waals surface area contributed by atoms with Crippen molar-refractivity contribution in [2.75, 3.05) is 26.3 Å². The van der Waals surface area contributed by atoms with Crippen LogP contribution in [0, 0.1) is 11.8 Å². The molecule has 1 fully saturated rings. The number of fused-ring (bicyclic) bond motifs is 1. The molecule has 0 saturated carbocycles. The number of carbonyl (C=O) groups excluding carboxylic acids is 1. The maximum Gasteiger partial charge on any atom is 0.259 e. The van der Waals surface area contributed by atoms with Crippen LogP contribution in [0.4, 0.5) is 0 Å². The third-order valence-corrected chi connectivity index (χ3v) is 5.31. The highest BCUT2D eigenvalue weighted by Crippen LogP contribution is 2.21. The number of carbonyl (C=O) groups is 1. The number of amides is 1. The molecule has 2 aromatic rings. The quantitative estimate of drug-likeness (QED) is 0.734. The highest BCUT2D eigenvalue weighted by Gasteiger charge is 2.26. The van der Waals surface area contributed by atoms with Crippen LogP contribution < -0.4 is 5.43 Å². The predicted octanol–water partition coefficient (Wildman–Crippen LogP) is 3.20. The molecular formula is C20H26ClN3O3. The largest absolute Gasteiger partial charge is 0.381 e. The molecule has 2 unspecified atom stereocenters. The van der Waals surface area contributed by atoms with Crippen LogP contribution >= 0.6 is 11.6 Å². The highest BCUT2D eigenvalue weighted by atomic mass is 35.5. The van der Waals surface area contributed by atoms with Gasteiger partial charge in [0, 0.05) is 38.4 Å². The second kappa shape index (κ2) is 8.40. The molecule has 3 rings (SSSR count). The molecule has 0 spiro atoms. The summed E-state index contributed by atoms with van der Waals surface area (Å²) in [5.74, 6) is 0.521. The first-order valence-corrected chi connectivity index (χ1v) is 9.89. The molecular weight excluding hydrogens is 366 g/mol. The van der Waals surface area contributed by atoms with E-state index in [1.165, 1.54) is 0 Å². The fraction of sp³-hybridized carbons (Fsp3) is 0.550. The molecule has 3 heterocycles. The Labute approximate surface area is 164 Å².